The number of hydrogen-bond acceptors (Lipinski definition) is 5. The summed E-state index contributed by atoms with van der Waals surface area (Å²) < 4.78 is 11.2. The normalized spacial score (nSPS) is 11.1. The lowest BCUT2D eigenvalue weighted by Crippen LogP contribution is -2.07. The molecule has 0 aliphatic carbocycles. The number of non-ortho nitro benzene ring substituents is 1. The minimum absolute atomic E-state index is 0.0308. The highest BCUT2D eigenvalue weighted by Gasteiger charge is 2.13. The van der Waals surface area contributed by atoms with Crippen molar-refractivity contribution in [2.45, 2.75) is 6.54 Å². The Labute approximate surface area is 133 Å². The van der Waals surface area contributed by atoms with Crippen LogP contribution in [0.1, 0.15) is 11.1 Å². The van der Waals surface area contributed by atoms with Gasteiger partial charge in [-0.3, -0.25) is 10.1 Å². The first kappa shape index (κ1) is 16.3. The number of nitro groups is 1. The van der Waals surface area contributed by atoms with Crippen molar-refractivity contribution in [3.8, 4) is 11.5 Å². The Kier molecular flexibility index (Phi) is 5.14. The molecule has 0 heterocycles. The van der Waals surface area contributed by atoms with Gasteiger partial charge in [-0.25, -0.2) is 4.74 Å². The maximum absolute atomic E-state index is 12.1. The van der Waals surface area contributed by atoms with E-state index in [4.69, 9.17) is 9.47 Å². The number of hydrogen-bond donors (Lipinski definition) is 0. The van der Waals surface area contributed by atoms with E-state index in [0.29, 0.717) is 27.4 Å². The highest BCUT2D eigenvalue weighted by atomic mass is 16.6. The fourth-order valence-corrected chi connectivity index (χ4v) is 2.18. The van der Waals surface area contributed by atoms with Crippen molar-refractivity contribution in [3.63, 3.8) is 0 Å². The van der Waals surface area contributed by atoms with Crippen LogP contribution in [-0.2, 0) is 6.54 Å². The molecule has 0 N–H and O–H groups in total. The molecule has 0 saturated heterocycles. The van der Waals surface area contributed by atoms with Crippen molar-refractivity contribution in [1.82, 2.24) is 0 Å². The summed E-state index contributed by atoms with van der Waals surface area (Å²) in [5.41, 5.74) is 1.05. The Bertz CT molecular complexity index is 743. The number of nitrogens with zero attached hydrogens (tertiary/aromatic N) is 2. The van der Waals surface area contributed by atoms with Crippen molar-refractivity contribution < 1.29 is 19.1 Å². The molecule has 7 nitrogen and oxygen atoms in total. The molecular weight excluding hydrogens is 300 g/mol. The van der Waals surface area contributed by atoms with Gasteiger partial charge in [0.15, 0.2) is 24.3 Å². The standard InChI is InChI=1S/C16H16N2O5/c1-22-15-8-4-6-13(16(15)23-2)11-17(19)10-12-5-3-7-14(9-12)18(20)21/h3-10H,11H2,1-2H3/b17-10-. The Morgan fingerprint density at radius 2 is 1.83 bits per heavy atom. The number of nitro benzene ring substituents is 1. The van der Waals surface area contributed by atoms with E-state index in [-0.39, 0.29) is 12.2 Å². The summed E-state index contributed by atoms with van der Waals surface area (Å²) in [4.78, 5) is 10.3. The van der Waals surface area contributed by atoms with Gasteiger partial charge in [0, 0.05) is 17.7 Å². The van der Waals surface area contributed by atoms with E-state index in [0.717, 1.165) is 0 Å². The zero-order valence-electron chi connectivity index (χ0n) is 12.8. The quantitative estimate of drug-likeness (QED) is 0.269. The summed E-state index contributed by atoms with van der Waals surface area (Å²) in [6, 6.07) is 11.1. The fourth-order valence-electron chi connectivity index (χ4n) is 2.18. The van der Waals surface area contributed by atoms with E-state index in [1.165, 1.54) is 38.6 Å². The molecule has 120 valence electrons. The number of ether oxygens (including phenoxy) is 2. The van der Waals surface area contributed by atoms with Crippen LogP contribution in [0.15, 0.2) is 42.5 Å². The second-order valence-electron chi connectivity index (χ2n) is 4.71. The summed E-state index contributed by atoms with van der Waals surface area (Å²) in [5.74, 6) is 1.03. The highest BCUT2D eigenvalue weighted by molar-refractivity contribution is 5.76. The van der Waals surface area contributed by atoms with Crippen LogP contribution < -0.4 is 9.47 Å². The third-order valence-corrected chi connectivity index (χ3v) is 3.18. The second-order valence-corrected chi connectivity index (χ2v) is 4.71. The molecule has 2 aromatic carbocycles. The lowest BCUT2D eigenvalue weighted by Gasteiger charge is -2.12. The first-order chi connectivity index (χ1) is 11.0. The van der Waals surface area contributed by atoms with Crippen molar-refractivity contribution in [2.24, 2.45) is 0 Å². The molecule has 0 fully saturated rings. The van der Waals surface area contributed by atoms with Gasteiger partial charge >= 0.3 is 0 Å². The average Bonchev–Trinajstić information content (AvgIpc) is 2.54. The third kappa shape index (κ3) is 3.97. The first-order valence-corrected chi connectivity index (χ1v) is 6.78. The van der Waals surface area contributed by atoms with E-state index in [9.17, 15) is 15.3 Å². The molecule has 0 radical (unpaired) electrons. The van der Waals surface area contributed by atoms with Gasteiger partial charge in [-0.2, -0.15) is 0 Å². The Morgan fingerprint density at radius 1 is 1.09 bits per heavy atom. The molecule has 0 aliphatic rings. The van der Waals surface area contributed by atoms with Gasteiger partial charge in [-0.1, -0.05) is 12.1 Å². The monoisotopic (exact) mass is 316 g/mol. The largest absolute Gasteiger partial charge is 0.624 e. The smallest absolute Gasteiger partial charge is 0.270 e. The Hall–Kier alpha value is -3.09. The van der Waals surface area contributed by atoms with Crippen molar-refractivity contribution in [3.05, 3.63) is 68.9 Å². The SMILES string of the molecule is COc1cccc(C/[N+]([O-])=C/c2cccc([N+](=O)[O-])c2)c1OC. The molecule has 0 saturated carbocycles. The lowest BCUT2D eigenvalue weighted by molar-refractivity contribution is -0.469. The number of para-hydroxylation sites is 1. The van der Waals surface area contributed by atoms with Gasteiger partial charge in [0.25, 0.3) is 5.69 Å². The van der Waals surface area contributed by atoms with Crippen LogP contribution in [0.5, 0.6) is 11.5 Å². The Balaban J connectivity index is 2.27. The van der Waals surface area contributed by atoms with E-state index < -0.39 is 4.92 Å². The number of methoxy groups -OCH3 is 2. The molecule has 0 aliphatic heterocycles. The van der Waals surface area contributed by atoms with Gasteiger partial charge in [0.1, 0.15) is 0 Å². The number of benzene rings is 2. The molecule has 23 heavy (non-hydrogen) atoms. The predicted molar refractivity (Wildman–Crippen MR) is 85.1 cm³/mol. The van der Waals surface area contributed by atoms with Gasteiger partial charge in [0.05, 0.1) is 24.7 Å². The van der Waals surface area contributed by atoms with Crippen LogP contribution in [0.2, 0.25) is 0 Å². The van der Waals surface area contributed by atoms with Crippen molar-refractivity contribution >= 4 is 11.9 Å². The van der Waals surface area contributed by atoms with Gasteiger partial charge in [-0.05, 0) is 18.2 Å². The molecular formula is C16H16N2O5. The summed E-state index contributed by atoms with van der Waals surface area (Å²) in [5, 5.41) is 22.9. The van der Waals surface area contributed by atoms with E-state index >= 15 is 0 Å². The van der Waals surface area contributed by atoms with Crippen LogP contribution in [0, 0.1) is 15.3 Å². The van der Waals surface area contributed by atoms with Gasteiger partial charge in [-0.15, -0.1) is 0 Å². The zero-order chi connectivity index (χ0) is 16.8. The third-order valence-electron chi connectivity index (χ3n) is 3.18. The number of hydroxylamine groups is 1. The zero-order valence-corrected chi connectivity index (χ0v) is 12.8. The number of rotatable bonds is 6. The van der Waals surface area contributed by atoms with Crippen LogP contribution in [0.25, 0.3) is 0 Å². The summed E-state index contributed by atoms with van der Waals surface area (Å²) in [7, 11) is 3.02. The molecule has 0 amide bonds. The van der Waals surface area contributed by atoms with Crippen molar-refractivity contribution in [1.29, 1.82) is 0 Å². The average molecular weight is 316 g/mol. The molecule has 0 atom stereocenters. The maximum Gasteiger partial charge on any atom is 0.270 e. The van der Waals surface area contributed by atoms with Crippen LogP contribution in [-0.4, -0.2) is 30.1 Å². The molecule has 0 aromatic heterocycles. The molecule has 2 aromatic rings. The van der Waals surface area contributed by atoms with E-state index in [1.54, 1.807) is 24.3 Å². The lowest BCUT2D eigenvalue weighted by atomic mass is 10.2. The first-order valence-electron chi connectivity index (χ1n) is 6.78. The van der Waals surface area contributed by atoms with Gasteiger partial charge < -0.3 is 14.7 Å². The second kappa shape index (κ2) is 7.26. The molecule has 7 heteroatoms. The highest BCUT2D eigenvalue weighted by Crippen LogP contribution is 2.30. The van der Waals surface area contributed by atoms with E-state index in [1.807, 2.05) is 0 Å². The van der Waals surface area contributed by atoms with Crippen LogP contribution in [0.4, 0.5) is 5.69 Å². The molecule has 0 spiro atoms. The van der Waals surface area contributed by atoms with Crippen LogP contribution in [0.3, 0.4) is 0 Å². The molecule has 0 bridgehead atoms. The summed E-state index contributed by atoms with van der Waals surface area (Å²) in [6.07, 6.45) is 1.30. The maximum atomic E-state index is 12.1. The van der Waals surface area contributed by atoms with E-state index in [2.05, 4.69) is 0 Å². The van der Waals surface area contributed by atoms with Gasteiger partial charge in [0.2, 0.25) is 0 Å². The minimum Gasteiger partial charge on any atom is -0.624 e. The summed E-state index contributed by atoms with van der Waals surface area (Å²) >= 11 is 0. The minimum atomic E-state index is -0.502. The topological polar surface area (TPSA) is 87.7 Å². The van der Waals surface area contributed by atoms with Crippen molar-refractivity contribution in [2.75, 3.05) is 14.2 Å². The fraction of sp³-hybridized carbons (Fsp3) is 0.188. The predicted octanol–water partition coefficient (Wildman–Crippen LogP) is 2.74. The molecule has 2 rings (SSSR count). The summed E-state index contributed by atoms with van der Waals surface area (Å²) in [6.45, 7) is 0.0308. The molecule has 0 unspecified atom stereocenters. The van der Waals surface area contributed by atoms with Crippen LogP contribution >= 0.6 is 0 Å². The Morgan fingerprint density at radius 3 is 2.48 bits per heavy atom.